The minimum Gasteiger partial charge on any atom is -0.507 e. The Hall–Kier alpha value is -4.33. The molecule has 1 heterocycles. The maximum absolute atomic E-state index is 13.5. The lowest BCUT2D eigenvalue weighted by Crippen LogP contribution is -2.31. The molecular weight excluding hydrogens is 475 g/mol. The number of amides is 1. The van der Waals surface area contributed by atoms with Crippen molar-refractivity contribution >= 4 is 23.1 Å². The molecule has 0 aromatic heterocycles. The molecule has 1 aliphatic rings. The van der Waals surface area contributed by atoms with Crippen molar-refractivity contribution in [1.29, 1.82) is 0 Å². The van der Waals surface area contributed by atoms with Gasteiger partial charge in [-0.05, 0) is 66.1 Å². The molecule has 1 saturated heterocycles. The summed E-state index contributed by atoms with van der Waals surface area (Å²) in [7, 11) is 6.93. The molecule has 0 radical (unpaired) electrons. The highest BCUT2D eigenvalue weighted by Gasteiger charge is 2.45. The van der Waals surface area contributed by atoms with Gasteiger partial charge in [-0.2, -0.15) is 0 Å². The Bertz CT molecular complexity index is 1330. The van der Waals surface area contributed by atoms with Crippen LogP contribution in [0.25, 0.3) is 5.76 Å². The zero-order chi connectivity index (χ0) is 26.7. The first kappa shape index (κ1) is 25.8. The summed E-state index contributed by atoms with van der Waals surface area (Å²) in [5.74, 6) is -1.14. The number of likely N-dealkylation sites (tertiary alicyclic amines) is 1. The Kier molecular flexibility index (Phi) is 7.47. The van der Waals surface area contributed by atoms with Crippen LogP contribution in [0.15, 0.2) is 72.3 Å². The molecule has 1 amide bonds. The smallest absolute Gasteiger partial charge is 0.295 e. The van der Waals surface area contributed by atoms with Gasteiger partial charge in [-0.3, -0.25) is 9.59 Å². The first-order valence-corrected chi connectivity index (χ1v) is 11.8. The molecule has 0 bridgehead atoms. The summed E-state index contributed by atoms with van der Waals surface area (Å²) in [6.07, 6.45) is 0.441. The van der Waals surface area contributed by atoms with Crippen LogP contribution in [-0.2, 0) is 16.0 Å². The summed E-state index contributed by atoms with van der Waals surface area (Å²) in [5.41, 5.74) is 2.75. The van der Waals surface area contributed by atoms with Crippen molar-refractivity contribution < 1.29 is 28.6 Å². The minimum atomic E-state index is -0.804. The van der Waals surface area contributed by atoms with Crippen molar-refractivity contribution in [3.05, 3.63) is 94.8 Å². The third kappa shape index (κ3) is 5.14. The van der Waals surface area contributed by atoms with Crippen LogP contribution in [0.3, 0.4) is 0 Å². The molecule has 37 heavy (non-hydrogen) atoms. The number of anilines is 1. The average molecular weight is 505 g/mol. The van der Waals surface area contributed by atoms with Crippen LogP contribution in [0, 0.1) is 5.82 Å². The summed E-state index contributed by atoms with van der Waals surface area (Å²) in [6.45, 7) is 0.223. The van der Waals surface area contributed by atoms with Gasteiger partial charge in [0.1, 0.15) is 11.6 Å². The van der Waals surface area contributed by atoms with Gasteiger partial charge in [0.2, 0.25) is 0 Å². The first-order chi connectivity index (χ1) is 17.7. The maximum Gasteiger partial charge on any atom is 0.295 e. The van der Waals surface area contributed by atoms with Gasteiger partial charge in [0, 0.05) is 31.9 Å². The highest BCUT2D eigenvalue weighted by Crippen LogP contribution is 2.40. The maximum atomic E-state index is 13.5. The molecule has 192 valence electrons. The number of rotatable bonds is 8. The van der Waals surface area contributed by atoms with Gasteiger partial charge in [-0.1, -0.05) is 18.2 Å². The van der Waals surface area contributed by atoms with Crippen molar-refractivity contribution in [1.82, 2.24) is 4.90 Å². The molecule has 1 aliphatic heterocycles. The quantitative estimate of drug-likeness (QED) is 0.275. The fourth-order valence-corrected chi connectivity index (χ4v) is 4.46. The molecule has 7 nitrogen and oxygen atoms in total. The Morgan fingerprint density at radius 1 is 0.946 bits per heavy atom. The van der Waals surface area contributed by atoms with Crippen LogP contribution in [0.4, 0.5) is 10.1 Å². The Balaban J connectivity index is 1.75. The zero-order valence-electron chi connectivity index (χ0n) is 21.2. The molecule has 4 rings (SSSR count). The van der Waals surface area contributed by atoms with E-state index < -0.39 is 23.5 Å². The van der Waals surface area contributed by atoms with Gasteiger partial charge in [-0.15, -0.1) is 0 Å². The number of Topliss-reactive ketones (excluding diaryl/α,β-unsaturated/α-hetero) is 1. The van der Waals surface area contributed by atoms with Crippen molar-refractivity contribution in [2.75, 3.05) is 39.8 Å². The van der Waals surface area contributed by atoms with Crippen LogP contribution in [0.1, 0.15) is 22.7 Å². The largest absolute Gasteiger partial charge is 0.507 e. The molecule has 0 saturated carbocycles. The van der Waals surface area contributed by atoms with Gasteiger partial charge in [0.25, 0.3) is 11.7 Å². The SMILES string of the molecule is COc1ccc(CCN2C(=O)C(=O)C(=C(O)c3ccc(F)cc3)[C@@H]2c2ccc(N(C)C)cc2)cc1OC. The fraction of sp³-hybridized carbons (Fsp3) is 0.241. The lowest BCUT2D eigenvalue weighted by Gasteiger charge is -2.26. The normalized spacial score (nSPS) is 16.7. The molecule has 3 aromatic carbocycles. The van der Waals surface area contributed by atoms with E-state index in [0.717, 1.165) is 11.3 Å². The summed E-state index contributed by atoms with van der Waals surface area (Å²) < 4.78 is 24.2. The molecular formula is C29H29FN2O5. The number of hydrogen-bond acceptors (Lipinski definition) is 6. The highest BCUT2D eigenvalue weighted by atomic mass is 19.1. The molecule has 1 N–H and O–H groups in total. The topological polar surface area (TPSA) is 79.3 Å². The van der Waals surface area contributed by atoms with Crippen LogP contribution >= 0.6 is 0 Å². The number of ether oxygens (including phenoxy) is 2. The highest BCUT2D eigenvalue weighted by molar-refractivity contribution is 6.46. The molecule has 1 atom stereocenters. The molecule has 8 heteroatoms. The molecule has 1 fully saturated rings. The average Bonchev–Trinajstić information content (AvgIpc) is 3.16. The van der Waals surface area contributed by atoms with Crippen LogP contribution in [-0.4, -0.2) is 56.6 Å². The van der Waals surface area contributed by atoms with E-state index in [1.807, 2.05) is 55.4 Å². The van der Waals surface area contributed by atoms with Gasteiger partial charge in [0.15, 0.2) is 11.5 Å². The van der Waals surface area contributed by atoms with Crippen molar-refractivity contribution in [3.63, 3.8) is 0 Å². The zero-order valence-corrected chi connectivity index (χ0v) is 21.2. The van der Waals surface area contributed by atoms with E-state index in [-0.39, 0.29) is 23.4 Å². The fourth-order valence-electron chi connectivity index (χ4n) is 4.46. The number of nitrogens with zero attached hydrogens (tertiary/aromatic N) is 2. The second-order valence-electron chi connectivity index (χ2n) is 8.92. The summed E-state index contributed by atoms with van der Waals surface area (Å²) >= 11 is 0. The van der Waals surface area contributed by atoms with Crippen molar-refractivity contribution in [2.45, 2.75) is 12.5 Å². The minimum absolute atomic E-state index is 0.0264. The molecule has 0 spiro atoms. The van der Waals surface area contributed by atoms with E-state index in [1.165, 1.54) is 29.2 Å². The Morgan fingerprint density at radius 3 is 2.19 bits per heavy atom. The molecule has 0 unspecified atom stereocenters. The lowest BCUT2D eigenvalue weighted by molar-refractivity contribution is -0.139. The second kappa shape index (κ2) is 10.7. The number of aliphatic hydroxyl groups is 1. The van der Waals surface area contributed by atoms with Crippen molar-refractivity contribution in [3.8, 4) is 11.5 Å². The van der Waals surface area contributed by atoms with Gasteiger partial charge in [-0.25, -0.2) is 4.39 Å². The number of hydrogen-bond donors (Lipinski definition) is 1. The predicted octanol–water partition coefficient (Wildman–Crippen LogP) is 4.57. The van der Waals surface area contributed by atoms with Gasteiger partial charge < -0.3 is 24.4 Å². The predicted molar refractivity (Wildman–Crippen MR) is 139 cm³/mol. The van der Waals surface area contributed by atoms with E-state index in [2.05, 4.69) is 0 Å². The molecule has 3 aromatic rings. The van der Waals surface area contributed by atoms with E-state index in [4.69, 9.17) is 9.47 Å². The number of aliphatic hydroxyl groups excluding tert-OH is 1. The van der Waals surface area contributed by atoms with Crippen LogP contribution < -0.4 is 14.4 Å². The van der Waals surface area contributed by atoms with E-state index in [1.54, 1.807) is 20.3 Å². The third-order valence-electron chi connectivity index (χ3n) is 6.47. The van der Waals surface area contributed by atoms with E-state index >= 15 is 0 Å². The Labute approximate surface area is 215 Å². The number of methoxy groups -OCH3 is 2. The monoisotopic (exact) mass is 504 g/mol. The number of ketones is 1. The van der Waals surface area contributed by atoms with Crippen LogP contribution in [0.2, 0.25) is 0 Å². The lowest BCUT2D eigenvalue weighted by atomic mass is 9.95. The molecule has 0 aliphatic carbocycles. The van der Waals surface area contributed by atoms with E-state index in [0.29, 0.717) is 23.5 Å². The second-order valence-corrected chi connectivity index (χ2v) is 8.92. The van der Waals surface area contributed by atoms with Crippen LogP contribution in [0.5, 0.6) is 11.5 Å². The van der Waals surface area contributed by atoms with E-state index in [9.17, 15) is 19.1 Å². The Morgan fingerprint density at radius 2 is 1.59 bits per heavy atom. The number of carbonyl (C=O) groups excluding carboxylic acids is 2. The summed E-state index contributed by atoms with van der Waals surface area (Å²) in [4.78, 5) is 29.9. The number of carbonyl (C=O) groups is 2. The number of halogens is 1. The first-order valence-electron chi connectivity index (χ1n) is 11.8. The van der Waals surface area contributed by atoms with Gasteiger partial charge in [0.05, 0.1) is 25.8 Å². The summed E-state index contributed by atoms with van der Waals surface area (Å²) in [6, 6.07) is 17.3. The third-order valence-corrected chi connectivity index (χ3v) is 6.47. The van der Waals surface area contributed by atoms with Crippen molar-refractivity contribution in [2.24, 2.45) is 0 Å². The summed E-state index contributed by atoms with van der Waals surface area (Å²) in [5, 5.41) is 11.1. The van der Waals surface area contributed by atoms with Gasteiger partial charge >= 0.3 is 0 Å². The standard InChI is InChI=1S/C29H29FN2O5/c1-31(2)22-12-8-19(9-13-22)26-25(27(33)20-6-10-21(30)11-7-20)28(34)29(35)32(26)16-15-18-5-14-23(36-3)24(17-18)37-4/h5-14,17,26,33H,15-16H2,1-4H3/t26-/m0/s1. The number of benzene rings is 3.